The van der Waals surface area contributed by atoms with Crippen molar-refractivity contribution >= 4 is 6.21 Å². The fraction of sp³-hybridized carbons (Fsp3) is 0. The molecule has 0 aliphatic heterocycles. The fourth-order valence-corrected chi connectivity index (χ4v) is 0.966. The smallest absolute Gasteiger partial charge is 0.174 e. The van der Waals surface area contributed by atoms with Gasteiger partial charge < -0.3 is 5.73 Å². The molecule has 0 unspecified atom stereocenters. The number of nitrogens with two attached hydrogens (primary N) is 1. The monoisotopic (exact) mass is 232 g/mol. The summed E-state index contributed by atoms with van der Waals surface area (Å²) in [6.45, 7) is 0. The van der Waals surface area contributed by atoms with Crippen LogP contribution in [0, 0.1) is 34.3 Å². The summed E-state index contributed by atoms with van der Waals surface area (Å²) in [5, 5.41) is 17.0. The molecule has 17 heavy (non-hydrogen) atoms. The van der Waals surface area contributed by atoms with Gasteiger partial charge in [-0.3, -0.25) is 0 Å². The van der Waals surface area contributed by atoms with Crippen molar-refractivity contribution in [2.24, 2.45) is 10.7 Å². The number of rotatable bonds is 2. The van der Waals surface area contributed by atoms with Gasteiger partial charge in [0, 0.05) is 11.8 Å². The second kappa shape index (κ2) is 5.38. The minimum absolute atomic E-state index is 0.136. The highest BCUT2D eigenvalue weighted by Gasteiger charge is 2.05. The van der Waals surface area contributed by atoms with Crippen molar-refractivity contribution in [2.75, 3.05) is 0 Å². The molecule has 0 saturated heterocycles. The maximum absolute atomic E-state index is 13.2. The first-order valence-electron chi connectivity index (χ1n) is 4.38. The lowest BCUT2D eigenvalue weighted by Crippen LogP contribution is -1.98. The Kier molecular flexibility index (Phi) is 3.91. The normalized spacial score (nSPS) is 11.8. The molecular weight excluding hydrogens is 226 g/mol. The van der Waals surface area contributed by atoms with E-state index in [1.807, 2.05) is 0 Å². The fourth-order valence-electron chi connectivity index (χ4n) is 0.966. The molecule has 2 N–H and O–H groups in total. The highest BCUT2D eigenvalue weighted by Crippen LogP contribution is 2.10. The average Bonchev–Trinajstić information content (AvgIpc) is 2.34. The molecule has 1 aromatic rings. The molecule has 0 amide bonds. The van der Waals surface area contributed by atoms with E-state index in [9.17, 15) is 8.78 Å². The third-order valence-corrected chi connectivity index (χ3v) is 1.80. The number of benzene rings is 1. The van der Waals surface area contributed by atoms with Crippen molar-refractivity contribution < 1.29 is 8.78 Å². The maximum Gasteiger partial charge on any atom is 0.174 e. The van der Waals surface area contributed by atoms with E-state index in [1.54, 1.807) is 6.07 Å². The van der Waals surface area contributed by atoms with Gasteiger partial charge in [0.05, 0.1) is 0 Å². The van der Waals surface area contributed by atoms with Gasteiger partial charge in [0.15, 0.2) is 17.3 Å². The topological polar surface area (TPSA) is 86.0 Å². The summed E-state index contributed by atoms with van der Waals surface area (Å²) in [5.74, 6) is -2.10. The quantitative estimate of drug-likeness (QED) is 0.620. The highest BCUT2D eigenvalue weighted by molar-refractivity contribution is 5.81. The lowest BCUT2D eigenvalue weighted by molar-refractivity contribution is 0.507. The molecule has 0 heterocycles. The van der Waals surface area contributed by atoms with E-state index in [0.717, 1.165) is 12.3 Å². The van der Waals surface area contributed by atoms with Gasteiger partial charge in [-0.25, -0.2) is 13.8 Å². The first kappa shape index (κ1) is 12.3. The molecule has 84 valence electrons. The van der Waals surface area contributed by atoms with Crippen LogP contribution in [0.4, 0.5) is 8.78 Å². The summed E-state index contributed by atoms with van der Waals surface area (Å²) in [6, 6.07) is 6.63. The van der Waals surface area contributed by atoms with Gasteiger partial charge in [0.1, 0.15) is 17.8 Å². The van der Waals surface area contributed by atoms with Crippen molar-refractivity contribution in [1.82, 2.24) is 0 Å². The number of hydrogen-bond donors (Lipinski definition) is 1. The van der Waals surface area contributed by atoms with Crippen LogP contribution in [0.3, 0.4) is 0 Å². The summed E-state index contributed by atoms with van der Waals surface area (Å²) in [5.41, 5.74) is 4.30. The van der Waals surface area contributed by atoms with Gasteiger partial charge in [0.25, 0.3) is 0 Å². The predicted molar refractivity (Wildman–Crippen MR) is 56.4 cm³/mol. The molecule has 1 rings (SSSR count). The van der Waals surface area contributed by atoms with Gasteiger partial charge in [0.2, 0.25) is 0 Å². The second-order valence-electron chi connectivity index (χ2n) is 2.89. The molecule has 0 aromatic heterocycles. The zero-order valence-electron chi connectivity index (χ0n) is 8.48. The molecule has 0 bridgehead atoms. The van der Waals surface area contributed by atoms with Gasteiger partial charge >= 0.3 is 0 Å². The van der Waals surface area contributed by atoms with Crippen molar-refractivity contribution in [3.63, 3.8) is 0 Å². The van der Waals surface area contributed by atoms with Crippen molar-refractivity contribution in [2.45, 2.75) is 0 Å². The van der Waals surface area contributed by atoms with E-state index in [1.165, 1.54) is 18.2 Å². The van der Waals surface area contributed by atoms with Crippen LogP contribution in [0.5, 0.6) is 0 Å². The number of aliphatic imine (C=N–C) groups is 1. The Hall–Kier alpha value is -2.73. The van der Waals surface area contributed by atoms with E-state index >= 15 is 0 Å². The summed E-state index contributed by atoms with van der Waals surface area (Å²) >= 11 is 0. The van der Waals surface area contributed by atoms with Crippen LogP contribution in [0.2, 0.25) is 0 Å². The number of nitriles is 2. The van der Waals surface area contributed by atoms with Crippen LogP contribution >= 0.6 is 0 Å². The summed E-state index contributed by atoms with van der Waals surface area (Å²) in [6.07, 6.45) is 0.932. The Morgan fingerprint density at radius 3 is 2.59 bits per heavy atom. The molecule has 1 aromatic carbocycles. The Morgan fingerprint density at radius 2 is 2.00 bits per heavy atom. The lowest BCUT2D eigenvalue weighted by atomic mass is 10.2. The van der Waals surface area contributed by atoms with Crippen molar-refractivity contribution in [1.29, 1.82) is 10.5 Å². The van der Waals surface area contributed by atoms with Crippen LogP contribution in [0.1, 0.15) is 5.56 Å². The maximum atomic E-state index is 13.2. The minimum atomic E-state index is -1.08. The third kappa shape index (κ3) is 2.86. The Labute approximate surface area is 95.9 Å². The molecule has 0 atom stereocenters. The van der Waals surface area contributed by atoms with Crippen LogP contribution < -0.4 is 5.73 Å². The largest absolute Gasteiger partial charge is 0.388 e. The predicted octanol–water partition coefficient (Wildman–Crippen LogP) is 1.60. The molecular formula is C11H6F2N4. The molecule has 6 heteroatoms. The zero-order chi connectivity index (χ0) is 12.8. The highest BCUT2D eigenvalue weighted by atomic mass is 19.2. The van der Waals surface area contributed by atoms with Crippen LogP contribution in [-0.2, 0) is 0 Å². The number of allylic oxidation sites excluding steroid dienone is 2. The zero-order valence-corrected chi connectivity index (χ0v) is 8.48. The molecule has 0 spiro atoms. The average molecular weight is 232 g/mol. The van der Waals surface area contributed by atoms with Crippen LogP contribution in [0.25, 0.3) is 0 Å². The van der Waals surface area contributed by atoms with Crippen LogP contribution in [0.15, 0.2) is 34.6 Å². The van der Waals surface area contributed by atoms with Gasteiger partial charge in [-0.05, 0) is 6.07 Å². The van der Waals surface area contributed by atoms with Crippen LogP contribution in [-0.4, -0.2) is 6.21 Å². The lowest BCUT2D eigenvalue weighted by Gasteiger charge is -1.96. The molecule has 0 aliphatic rings. The summed E-state index contributed by atoms with van der Waals surface area (Å²) in [4.78, 5) is 3.52. The second-order valence-corrected chi connectivity index (χ2v) is 2.89. The van der Waals surface area contributed by atoms with E-state index in [2.05, 4.69) is 4.99 Å². The number of nitrogens with zero attached hydrogens (tertiary/aromatic N) is 3. The van der Waals surface area contributed by atoms with E-state index < -0.39 is 11.6 Å². The molecule has 0 fully saturated rings. The summed E-state index contributed by atoms with van der Waals surface area (Å²) in [7, 11) is 0. The SMILES string of the molecule is N#CC(N)=C(C#N)N=Cc1cccc(F)c1F. The molecule has 4 nitrogen and oxygen atoms in total. The number of halogens is 2. The molecule has 0 aliphatic carbocycles. The third-order valence-electron chi connectivity index (χ3n) is 1.80. The van der Waals surface area contributed by atoms with Gasteiger partial charge in [-0.15, -0.1) is 0 Å². The molecule has 0 radical (unpaired) electrons. The Morgan fingerprint density at radius 1 is 1.29 bits per heavy atom. The first-order valence-corrected chi connectivity index (χ1v) is 4.38. The van der Waals surface area contributed by atoms with E-state index in [0.29, 0.717) is 0 Å². The van der Waals surface area contributed by atoms with Crippen molar-refractivity contribution in [3.05, 3.63) is 46.8 Å². The van der Waals surface area contributed by atoms with Gasteiger partial charge in [-0.2, -0.15) is 10.5 Å². The van der Waals surface area contributed by atoms with Gasteiger partial charge in [-0.1, -0.05) is 12.1 Å². The summed E-state index contributed by atoms with van der Waals surface area (Å²) < 4.78 is 26.0. The van der Waals surface area contributed by atoms with Crippen molar-refractivity contribution in [3.8, 4) is 12.1 Å². The van der Waals surface area contributed by atoms with E-state index in [4.69, 9.17) is 16.3 Å². The van der Waals surface area contributed by atoms with E-state index in [-0.39, 0.29) is 17.0 Å². The Balaban J connectivity index is 3.12. The number of hydrogen-bond acceptors (Lipinski definition) is 4. The first-order chi connectivity index (χ1) is 8.10. The standard InChI is InChI=1S/C11H6F2N4/c12-8-3-1-2-7(11(8)13)6-17-10(5-15)9(16)4-14/h1-3,6H,16H2. The molecule has 0 saturated carbocycles. The minimum Gasteiger partial charge on any atom is -0.388 e. The Bertz CT molecular complexity index is 576.